The number of aromatic amines is 1. The number of benzene rings is 1. The van der Waals surface area contributed by atoms with Gasteiger partial charge in [-0.1, -0.05) is 32.9 Å². The summed E-state index contributed by atoms with van der Waals surface area (Å²) >= 11 is 1.24. The van der Waals surface area contributed by atoms with Crippen LogP contribution in [0.3, 0.4) is 0 Å². The molecule has 3 rings (SSSR count). The van der Waals surface area contributed by atoms with E-state index in [9.17, 15) is 9.59 Å². The molecule has 0 bridgehead atoms. The number of ether oxygens (including phenoxy) is 2. The van der Waals surface area contributed by atoms with E-state index in [1.807, 2.05) is 45.0 Å². The van der Waals surface area contributed by atoms with Gasteiger partial charge in [0.05, 0.1) is 16.3 Å². The van der Waals surface area contributed by atoms with Gasteiger partial charge in [-0.2, -0.15) is 0 Å². The molecule has 156 valence electrons. The zero-order chi connectivity index (χ0) is 21.7. The molecule has 0 saturated carbocycles. The van der Waals surface area contributed by atoms with Crippen LogP contribution in [0.15, 0.2) is 47.5 Å². The number of rotatable bonds is 6. The van der Waals surface area contributed by atoms with Crippen LogP contribution in [0.25, 0.3) is 12.2 Å². The van der Waals surface area contributed by atoms with Crippen molar-refractivity contribution in [3.63, 3.8) is 0 Å². The Morgan fingerprint density at radius 3 is 2.70 bits per heavy atom. The summed E-state index contributed by atoms with van der Waals surface area (Å²) in [4.78, 5) is 31.3. The number of H-pyrrole nitrogens is 1. The minimum Gasteiger partial charge on any atom is -0.493 e. The molecule has 1 aromatic carbocycles. The summed E-state index contributed by atoms with van der Waals surface area (Å²) in [6.45, 7) is 5.88. The van der Waals surface area contributed by atoms with Gasteiger partial charge in [0.15, 0.2) is 17.3 Å². The highest BCUT2D eigenvalue weighted by molar-refractivity contribution is 7.07. The molecule has 0 unspecified atom stereocenters. The van der Waals surface area contributed by atoms with E-state index in [1.165, 1.54) is 17.4 Å². The maximum Gasteiger partial charge on any atom is 0.266 e. The minimum atomic E-state index is -0.499. The fourth-order valence-corrected chi connectivity index (χ4v) is 3.44. The van der Waals surface area contributed by atoms with Crippen LogP contribution in [-0.2, 0) is 11.4 Å². The second kappa shape index (κ2) is 9.09. The molecule has 2 aromatic heterocycles. The molecule has 0 amide bonds. The number of hydrogen-bond acceptors (Lipinski definition) is 6. The summed E-state index contributed by atoms with van der Waals surface area (Å²) in [5, 5.41) is 0. The van der Waals surface area contributed by atoms with Gasteiger partial charge in [0.1, 0.15) is 6.61 Å². The summed E-state index contributed by atoms with van der Waals surface area (Å²) in [6.07, 6.45) is 6.70. The Kier molecular flexibility index (Phi) is 6.52. The van der Waals surface area contributed by atoms with Crippen molar-refractivity contribution < 1.29 is 14.3 Å². The molecule has 0 spiro atoms. The van der Waals surface area contributed by atoms with Crippen LogP contribution in [0.4, 0.5) is 0 Å². The van der Waals surface area contributed by atoms with Gasteiger partial charge in [0, 0.05) is 29.4 Å². The van der Waals surface area contributed by atoms with E-state index in [0.29, 0.717) is 27.3 Å². The number of hydrogen-bond donors (Lipinski definition) is 1. The lowest BCUT2D eigenvalue weighted by Crippen LogP contribution is -2.22. The average Bonchev–Trinajstić information content (AvgIpc) is 3.05. The number of carbonyl (C=O) groups excluding carboxylic acids is 1. The van der Waals surface area contributed by atoms with Gasteiger partial charge in [0.25, 0.3) is 5.56 Å². The maximum atomic E-state index is 12.3. The number of carbonyl (C=O) groups is 1. The first-order valence-corrected chi connectivity index (χ1v) is 10.2. The monoisotopic (exact) mass is 424 g/mol. The average molecular weight is 425 g/mol. The Balaban J connectivity index is 1.91. The second-order valence-corrected chi connectivity index (χ2v) is 8.83. The van der Waals surface area contributed by atoms with E-state index in [-0.39, 0.29) is 11.3 Å². The van der Waals surface area contributed by atoms with Crippen molar-refractivity contribution in [3.05, 3.63) is 73.4 Å². The molecule has 2 heterocycles. The number of thiazole rings is 1. The normalized spacial score (nSPS) is 12.8. The highest BCUT2D eigenvalue weighted by Gasteiger charge is 2.18. The lowest BCUT2D eigenvalue weighted by Gasteiger charge is -2.12. The second-order valence-electron chi connectivity index (χ2n) is 7.75. The van der Waals surface area contributed by atoms with Crippen LogP contribution in [0, 0.1) is 5.41 Å². The molecule has 0 atom stereocenters. The molecule has 0 radical (unpaired) electrons. The van der Waals surface area contributed by atoms with Crippen molar-refractivity contribution >= 4 is 29.3 Å². The van der Waals surface area contributed by atoms with Crippen LogP contribution in [0.2, 0.25) is 0 Å². The lowest BCUT2D eigenvalue weighted by molar-refractivity contribution is -0.119. The van der Waals surface area contributed by atoms with E-state index in [1.54, 1.807) is 31.6 Å². The van der Waals surface area contributed by atoms with Crippen molar-refractivity contribution in [3.8, 4) is 11.5 Å². The molecule has 6 nitrogen and oxygen atoms in total. The van der Waals surface area contributed by atoms with Gasteiger partial charge in [-0.05, 0) is 29.8 Å². The van der Waals surface area contributed by atoms with E-state index >= 15 is 0 Å². The van der Waals surface area contributed by atoms with Crippen LogP contribution in [-0.4, -0.2) is 22.9 Å². The van der Waals surface area contributed by atoms with Gasteiger partial charge < -0.3 is 14.5 Å². The SMILES string of the molecule is COc1ccc(C=c2sc(=CC(=O)C(C)(C)C)[nH]c2=O)cc1OCc1cccnc1. The molecule has 1 N–H and O–H groups in total. The van der Waals surface area contributed by atoms with Crippen molar-refractivity contribution in [1.82, 2.24) is 9.97 Å². The van der Waals surface area contributed by atoms with Gasteiger partial charge >= 0.3 is 0 Å². The molecular weight excluding hydrogens is 400 g/mol. The maximum absolute atomic E-state index is 12.3. The standard InChI is InChI=1S/C23H24N2O4S/c1-23(2,3)20(26)12-21-25-22(27)19(30-21)11-15-7-8-17(28-4)18(10-15)29-14-16-6-5-9-24-13-16/h5-13H,14H2,1-4H3,(H,25,27). The molecule has 3 aromatic rings. The summed E-state index contributed by atoms with van der Waals surface area (Å²) in [6, 6.07) is 9.23. The first kappa shape index (κ1) is 21.5. The van der Waals surface area contributed by atoms with Crippen LogP contribution in [0.5, 0.6) is 11.5 Å². The van der Waals surface area contributed by atoms with Crippen molar-refractivity contribution in [1.29, 1.82) is 0 Å². The van der Waals surface area contributed by atoms with Gasteiger partial charge in [-0.3, -0.25) is 14.6 Å². The molecule has 0 aliphatic carbocycles. The number of pyridine rings is 1. The molecule has 0 saturated heterocycles. The zero-order valence-corrected chi connectivity index (χ0v) is 18.2. The third kappa shape index (κ3) is 5.45. The van der Waals surface area contributed by atoms with Crippen LogP contribution < -0.4 is 24.2 Å². The molecule has 0 aliphatic heterocycles. The topological polar surface area (TPSA) is 81.3 Å². The fourth-order valence-electron chi connectivity index (χ4n) is 2.55. The Hall–Kier alpha value is -3.19. The molecule has 7 heteroatoms. The Labute approximate surface area is 178 Å². The third-order valence-electron chi connectivity index (χ3n) is 4.28. The first-order valence-electron chi connectivity index (χ1n) is 9.43. The predicted molar refractivity (Wildman–Crippen MR) is 118 cm³/mol. The van der Waals surface area contributed by atoms with E-state index in [2.05, 4.69) is 9.97 Å². The van der Waals surface area contributed by atoms with Crippen molar-refractivity contribution in [2.45, 2.75) is 27.4 Å². The first-order chi connectivity index (χ1) is 14.3. The third-order valence-corrected chi connectivity index (χ3v) is 5.25. The summed E-state index contributed by atoms with van der Waals surface area (Å²) < 4.78 is 12.3. The number of ketones is 1. The minimum absolute atomic E-state index is 0.0397. The Bertz CT molecular complexity index is 1200. The van der Waals surface area contributed by atoms with E-state index < -0.39 is 5.41 Å². The smallest absolute Gasteiger partial charge is 0.266 e. The summed E-state index contributed by atoms with van der Waals surface area (Å²) in [5.74, 6) is 1.13. The molecule has 0 aliphatic rings. The summed E-state index contributed by atoms with van der Waals surface area (Å²) in [5.41, 5.74) is 0.994. The molecular formula is C23H24N2O4S. The van der Waals surface area contributed by atoms with Crippen molar-refractivity contribution in [2.75, 3.05) is 7.11 Å². The Morgan fingerprint density at radius 2 is 2.03 bits per heavy atom. The highest BCUT2D eigenvalue weighted by Crippen LogP contribution is 2.29. The molecule has 0 fully saturated rings. The van der Waals surface area contributed by atoms with Gasteiger partial charge in [-0.25, -0.2) is 0 Å². The zero-order valence-electron chi connectivity index (χ0n) is 17.4. The fraction of sp³-hybridized carbons (Fsp3) is 0.261. The van der Waals surface area contributed by atoms with Gasteiger partial charge in [-0.15, -0.1) is 11.3 Å². The predicted octanol–water partition coefficient (Wildman–Crippen LogP) is 2.64. The van der Waals surface area contributed by atoms with Crippen LogP contribution >= 0.6 is 11.3 Å². The lowest BCUT2D eigenvalue weighted by atomic mass is 9.91. The van der Waals surface area contributed by atoms with Crippen molar-refractivity contribution in [2.24, 2.45) is 5.41 Å². The largest absolute Gasteiger partial charge is 0.493 e. The number of nitrogens with one attached hydrogen (secondary N) is 1. The Morgan fingerprint density at radius 1 is 1.23 bits per heavy atom. The quantitative estimate of drug-likeness (QED) is 0.658. The number of nitrogens with zero attached hydrogens (tertiary/aromatic N) is 1. The van der Waals surface area contributed by atoms with E-state index in [0.717, 1.165) is 11.1 Å². The molecule has 30 heavy (non-hydrogen) atoms. The number of methoxy groups -OCH3 is 1. The van der Waals surface area contributed by atoms with E-state index in [4.69, 9.17) is 9.47 Å². The van der Waals surface area contributed by atoms with Gasteiger partial charge in [0.2, 0.25) is 0 Å². The number of aromatic nitrogens is 2. The number of Topliss-reactive ketones (excluding diaryl/α,β-unsaturated/α-hetero) is 1. The summed E-state index contributed by atoms with van der Waals surface area (Å²) in [7, 11) is 1.58. The highest BCUT2D eigenvalue weighted by atomic mass is 32.1. The van der Waals surface area contributed by atoms with Crippen LogP contribution in [0.1, 0.15) is 31.9 Å².